The number of hydrogen-bond acceptors (Lipinski definition) is 8. The van der Waals surface area contributed by atoms with Crippen molar-refractivity contribution in [3.05, 3.63) is 11.6 Å². The minimum Gasteiger partial charge on any atom is -0.616 e. The van der Waals surface area contributed by atoms with Crippen molar-refractivity contribution in [2.75, 3.05) is 23.0 Å². The van der Waals surface area contributed by atoms with Crippen LogP contribution in [0, 0.1) is 0 Å². The third-order valence-corrected chi connectivity index (χ3v) is 7.32. The van der Waals surface area contributed by atoms with Crippen molar-refractivity contribution < 1.29 is 9.11 Å². The maximum Gasteiger partial charge on any atom is 0.154 e. The number of H-pyrrole nitrogens is 2. The van der Waals surface area contributed by atoms with Gasteiger partial charge in [-0.2, -0.15) is 0 Å². The summed E-state index contributed by atoms with van der Waals surface area (Å²) in [5.41, 5.74) is -0.541. The summed E-state index contributed by atoms with van der Waals surface area (Å²) >= 11 is -2.03. The van der Waals surface area contributed by atoms with Gasteiger partial charge in [-0.25, -0.2) is 10.2 Å². The van der Waals surface area contributed by atoms with Gasteiger partial charge in [0.25, 0.3) is 0 Å². The first kappa shape index (κ1) is 21.1. The molecule has 0 aliphatic rings. The second-order valence-corrected chi connectivity index (χ2v) is 10.9. The van der Waals surface area contributed by atoms with E-state index < -0.39 is 22.4 Å². The molecule has 2 aromatic rings. The van der Waals surface area contributed by atoms with Crippen LogP contribution >= 0.6 is 0 Å². The number of aromatic nitrogens is 8. The smallest absolute Gasteiger partial charge is 0.154 e. The van der Waals surface area contributed by atoms with E-state index in [4.69, 9.17) is 0 Å². The highest BCUT2D eigenvalue weighted by molar-refractivity contribution is 7.95. The normalized spacial score (nSPS) is 15.2. The van der Waals surface area contributed by atoms with E-state index in [1.165, 1.54) is 0 Å². The molecule has 0 saturated heterocycles. The second kappa shape index (κ2) is 9.11. The molecule has 2 aromatic heterocycles. The molecular formula is C14H26N8O2S2. The number of nitrogens with one attached hydrogen (secondary N) is 2. The summed E-state index contributed by atoms with van der Waals surface area (Å²) in [6, 6.07) is 0. The van der Waals surface area contributed by atoms with Crippen molar-refractivity contribution in [3.63, 3.8) is 0 Å². The topological polar surface area (TPSA) is 155 Å². The molecule has 2 N–H and O–H groups in total. The Bertz CT molecular complexity index is 579. The SMILES string of the molecule is CC(C)(CC[S+]([O-])CC[S+]([O-])CCC(C)(C)c1nnn[nH]1)c1nnn[nH]1. The monoisotopic (exact) mass is 402 g/mol. The van der Waals surface area contributed by atoms with Crippen LogP contribution in [0.1, 0.15) is 52.2 Å². The van der Waals surface area contributed by atoms with Gasteiger partial charge in [0.15, 0.2) is 11.6 Å². The van der Waals surface area contributed by atoms with E-state index in [2.05, 4.69) is 41.2 Å². The number of aromatic amines is 2. The van der Waals surface area contributed by atoms with Crippen molar-refractivity contribution in [2.45, 2.75) is 51.4 Å². The van der Waals surface area contributed by atoms with Crippen LogP contribution in [-0.4, -0.2) is 73.4 Å². The number of tetrazole rings is 2. The molecule has 2 unspecified atom stereocenters. The van der Waals surface area contributed by atoms with Gasteiger partial charge >= 0.3 is 0 Å². The van der Waals surface area contributed by atoms with Crippen molar-refractivity contribution in [1.29, 1.82) is 0 Å². The van der Waals surface area contributed by atoms with Crippen LogP contribution in [0.2, 0.25) is 0 Å². The van der Waals surface area contributed by atoms with Crippen molar-refractivity contribution in [2.24, 2.45) is 0 Å². The lowest BCUT2D eigenvalue weighted by molar-refractivity contribution is 0.469. The number of nitrogens with zero attached hydrogens (tertiary/aromatic N) is 6. The highest BCUT2D eigenvalue weighted by atomic mass is 32.2. The maximum atomic E-state index is 12.2. The van der Waals surface area contributed by atoms with Gasteiger partial charge in [0.1, 0.15) is 23.0 Å². The van der Waals surface area contributed by atoms with E-state index in [1.54, 1.807) is 0 Å². The Morgan fingerprint density at radius 2 is 1.12 bits per heavy atom. The van der Waals surface area contributed by atoms with Gasteiger partial charge in [-0.15, -0.1) is 10.2 Å². The van der Waals surface area contributed by atoms with Crippen LogP contribution in [0.3, 0.4) is 0 Å². The predicted molar refractivity (Wildman–Crippen MR) is 99.4 cm³/mol. The molecule has 10 nitrogen and oxygen atoms in total. The third kappa shape index (κ3) is 6.18. The Kier molecular flexibility index (Phi) is 7.38. The maximum absolute atomic E-state index is 12.2. The van der Waals surface area contributed by atoms with Crippen molar-refractivity contribution in [1.82, 2.24) is 41.2 Å². The summed E-state index contributed by atoms with van der Waals surface area (Å²) < 4.78 is 24.5. The van der Waals surface area contributed by atoms with Crippen molar-refractivity contribution >= 4 is 22.4 Å². The molecule has 0 aliphatic heterocycles. The Labute approximate surface area is 159 Å². The molecule has 2 atom stereocenters. The molecule has 0 aliphatic carbocycles. The Balaban J connectivity index is 1.67. The van der Waals surface area contributed by atoms with Crippen LogP contribution < -0.4 is 0 Å². The summed E-state index contributed by atoms with van der Waals surface area (Å²) in [5, 5.41) is 27.7. The van der Waals surface area contributed by atoms with E-state index in [0.717, 1.165) is 0 Å². The number of rotatable bonds is 11. The van der Waals surface area contributed by atoms with Gasteiger partial charge in [-0.1, -0.05) is 27.7 Å². The van der Waals surface area contributed by atoms with Crippen LogP contribution in [0.4, 0.5) is 0 Å². The quantitative estimate of drug-likeness (QED) is 0.507. The first-order valence-corrected chi connectivity index (χ1v) is 11.4. The molecule has 0 radical (unpaired) electrons. The fraction of sp³-hybridized carbons (Fsp3) is 0.857. The molecule has 0 bridgehead atoms. The Hall–Kier alpha value is -1.24. The van der Waals surface area contributed by atoms with E-state index in [9.17, 15) is 9.11 Å². The highest BCUT2D eigenvalue weighted by Gasteiger charge is 2.29. The van der Waals surface area contributed by atoms with E-state index in [1.807, 2.05) is 27.7 Å². The van der Waals surface area contributed by atoms with Gasteiger partial charge in [-0.05, 0) is 43.2 Å². The molecule has 12 heteroatoms. The average Bonchev–Trinajstić information content (AvgIpc) is 3.30. The lowest BCUT2D eigenvalue weighted by atomic mass is 9.89. The van der Waals surface area contributed by atoms with E-state index in [0.29, 0.717) is 47.5 Å². The summed E-state index contributed by atoms with van der Waals surface area (Å²) in [7, 11) is 0. The minimum absolute atomic E-state index is 0.270. The first-order valence-electron chi connectivity index (χ1n) is 8.39. The van der Waals surface area contributed by atoms with Gasteiger partial charge in [0.05, 0.1) is 0 Å². The molecule has 0 aromatic carbocycles. The number of hydrogen-bond donors (Lipinski definition) is 2. The zero-order valence-corrected chi connectivity index (χ0v) is 17.2. The fourth-order valence-corrected chi connectivity index (χ4v) is 5.63. The minimum atomic E-state index is -1.02. The molecule has 0 amide bonds. The standard InChI is InChI=1S/C14H26N8O2S2/c1-13(2,11-15-19-20-16-11)5-7-25(23)9-10-26(24)8-6-14(3,4)12-17-21-22-18-12/h5-10H2,1-4H3,(H,15,16,19,20)(H,17,18,21,22). The van der Waals surface area contributed by atoms with Crippen molar-refractivity contribution in [3.8, 4) is 0 Å². The van der Waals surface area contributed by atoms with Gasteiger partial charge in [0.2, 0.25) is 0 Å². The molecule has 0 fully saturated rings. The van der Waals surface area contributed by atoms with Gasteiger partial charge < -0.3 is 9.11 Å². The van der Waals surface area contributed by atoms with Gasteiger partial charge in [0, 0.05) is 23.7 Å². The first-order chi connectivity index (χ1) is 12.2. The van der Waals surface area contributed by atoms with Crippen LogP contribution in [-0.2, 0) is 33.2 Å². The molecular weight excluding hydrogens is 376 g/mol. The van der Waals surface area contributed by atoms with Crippen LogP contribution in [0.25, 0.3) is 0 Å². The summed E-state index contributed by atoms with van der Waals surface area (Å²) in [4.78, 5) is 0. The molecule has 2 rings (SSSR count). The van der Waals surface area contributed by atoms with E-state index >= 15 is 0 Å². The molecule has 0 spiro atoms. The van der Waals surface area contributed by atoms with E-state index in [-0.39, 0.29) is 10.8 Å². The largest absolute Gasteiger partial charge is 0.616 e. The second-order valence-electron chi connectivity index (χ2n) is 7.46. The van der Waals surface area contributed by atoms with Gasteiger partial charge in [-0.3, -0.25) is 0 Å². The van der Waals surface area contributed by atoms with Crippen LogP contribution in [0.5, 0.6) is 0 Å². The molecule has 26 heavy (non-hydrogen) atoms. The zero-order chi connectivity index (χ0) is 19.2. The predicted octanol–water partition coefficient (Wildman–Crippen LogP) is 0.246. The molecule has 146 valence electrons. The zero-order valence-electron chi connectivity index (χ0n) is 15.6. The fourth-order valence-electron chi connectivity index (χ4n) is 2.26. The highest BCUT2D eigenvalue weighted by Crippen LogP contribution is 2.25. The Morgan fingerprint density at radius 1 is 0.731 bits per heavy atom. The van der Waals surface area contributed by atoms with Crippen LogP contribution in [0.15, 0.2) is 0 Å². The Morgan fingerprint density at radius 3 is 1.42 bits per heavy atom. The summed E-state index contributed by atoms with van der Waals surface area (Å²) in [6.07, 6.45) is 1.38. The lowest BCUT2D eigenvalue weighted by Gasteiger charge is -2.23. The third-order valence-electron chi connectivity index (χ3n) is 4.42. The lowest BCUT2D eigenvalue weighted by Crippen LogP contribution is -2.28. The molecule has 2 heterocycles. The summed E-state index contributed by atoms with van der Waals surface area (Å²) in [6.45, 7) is 8.02. The summed E-state index contributed by atoms with van der Waals surface area (Å²) in [5.74, 6) is 3.29. The molecule has 0 saturated carbocycles. The average molecular weight is 403 g/mol.